The van der Waals surface area contributed by atoms with Crippen molar-refractivity contribution in [1.29, 1.82) is 0 Å². The number of anilines is 2. The summed E-state index contributed by atoms with van der Waals surface area (Å²) in [6, 6.07) is 12.2. The molecular formula is C21H24N2O5. The molecular weight excluding hydrogens is 360 g/mol. The predicted octanol–water partition coefficient (Wildman–Crippen LogP) is 3.09. The summed E-state index contributed by atoms with van der Waals surface area (Å²) in [6.45, 7) is 3.85. The summed E-state index contributed by atoms with van der Waals surface area (Å²) >= 11 is 0. The lowest BCUT2D eigenvalue weighted by molar-refractivity contribution is -0.127. The number of fused-ring (bicyclic) bond motifs is 1. The van der Waals surface area contributed by atoms with Gasteiger partial charge in [-0.1, -0.05) is 0 Å². The summed E-state index contributed by atoms with van der Waals surface area (Å²) in [4.78, 5) is 26.4. The second kappa shape index (κ2) is 7.80. The van der Waals surface area contributed by atoms with Crippen molar-refractivity contribution in [3.8, 4) is 17.2 Å². The molecule has 0 bridgehead atoms. The van der Waals surface area contributed by atoms with Gasteiger partial charge in [-0.2, -0.15) is 0 Å². The van der Waals surface area contributed by atoms with E-state index in [1.54, 1.807) is 61.5 Å². The van der Waals surface area contributed by atoms with E-state index < -0.39 is 5.41 Å². The standard InChI is InChI=1S/C21H24N2O5/c1-21(2)13-28-18-10-5-14(11-17(18)23(3)20(21)25)22-19(24)12-27-16-8-6-15(26-4)7-9-16/h5-11H,12-13H2,1-4H3,(H,22,24). The van der Waals surface area contributed by atoms with Crippen molar-refractivity contribution in [1.82, 2.24) is 0 Å². The van der Waals surface area contributed by atoms with Crippen molar-refractivity contribution in [2.45, 2.75) is 13.8 Å². The third-order valence-corrected chi connectivity index (χ3v) is 4.51. The predicted molar refractivity (Wildman–Crippen MR) is 106 cm³/mol. The van der Waals surface area contributed by atoms with Crippen molar-refractivity contribution in [2.75, 3.05) is 37.6 Å². The molecule has 0 saturated carbocycles. The van der Waals surface area contributed by atoms with E-state index in [4.69, 9.17) is 14.2 Å². The first-order valence-electron chi connectivity index (χ1n) is 8.92. The highest BCUT2D eigenvalue weighted by Crippen LogP contribution is 2.37. The number of amides is 2. The Morgan fingerprint density at radius 1 is 1.18 bits per heavy atom. The summed E-state index contributed by atoms with van der Waals surface area (Å²) in [5.41, 5.74) is 0.554. The number of hydrogen-bond donors (Lipinski definition) is 1. The quantitative estimate of drug-likeness (QED) is 0.857. The van der Waals surface area contributed by atoms with Gasteiger partial charge in [0.1, 0.15) is 23.9 Å². The Morgan fingerprint density at radius 3 is 2.54 bits per heavy atom. The SMILES string of the molecule is COc1ccc(OCC(=O)Nc2ccc3c(c2)N(C)C(=O)C(C)(C)CO3)cc1. The maximum atomic E-state index is 12.6. The minimum atomic E-state index is -0.622. The van der Waals surface area contributed by atoms with Gasteiger partial charge in [-0.25, -0.2) is 0 Å². The molecule has 1 aliphatic heterocycles. The minimum Gasteiger partial charge on any atom is -0.497 e. The van der Waals surface area contributed by atoms with Crippen LogP contribution in [0.5, 0.6) is 17.2 Å². The lowest BCUT2D eigenvalue weighted by Gasteiger charge is -2.24. The molecule has 0 atom stereocenters. The first kappa shape index (κ1) is 19.5. The topological polar surface area (TPSA) is 77.1 Å². The number of methoxy groups -OCH3 is 1. The van der Waals surface area contributed by atoms with E-state index in [0.717, 1.165) is 0 Å². The fraction of sp³-hybridized carbons (Fsp3) is 0.333. The summed E-state index contributed by atoms with van der Waals surface area (Å²) in [5, 5.41) is 2.78. The fourth-order valence-corrected chi connectivity index (χ4v) is 2.88. The van der Waals surface area contributed by atoms with E-state index in [1.807, 2.05) is 13.8 Å². The first-order chi connectivity index (χ1) is 13.3. The van der Waals surface area contributed by atoms with Crippen molar-refractivity contribution >= 4 is 23.2 Å². The Labute approximate surface area is 164 Å². The zero-order valence-corrected chi connectivity index (χ0v) is 16.4. The monoisotopic (exact) mass is 384 g/mol. The van der Waals surface area contributed by atoms with Crippen LogP contribution in [0.4, 0.5) is 11.4 Å². The van der Waals surface area contributed by atoms with Crippen molar-refractivity contribution in [2.24, 2.45) is 5.41 Å². The molecule has 2 aromatic rings. The molecule has 2 aromatic carbocycles. The lowest BCUT2D eigenvalue weighted by Crippen LogP contribution is -2.39. The van der Waals surface area contributed by atoms with Gasteiger partial charge in [-0.3, -0.25) is 9.59 Å². The van der Waals surface area contributed by atoms with Crippen LogP contribution in [-0.2, 0) is 9.59 Å². The number of rotatable bonds is 5. The van der Waals surface area contributed by atoms with Gasteiger partial charge in [-0.15, -0.1) is 0 Å². The van der Waals surface area contributed by atoms with Crippen LogP contribution in [0, 0.1) is 5.41 Å². The summed E-state index contributed by atoms with van der Waals surface area (Å²) < 4.78 is 16.3. The van der Waals surface area contributed by atoms with E-state index in [2.05, 4.69) is 5.32 Å². The molecule has 1 N–H and O–H groups in total. The van der Waals surface area contributed by atoms with Gasteiger partial charge in [0.15, 0.2) is 6.61 Å². The molecule has 148 valence electrons. The van der Waals surface area contributed by atoms with Crippen LogP contribution in [0.3, 0.4) is 0 Å². The molecule has 28 heavy (non-hydrogen) atoms. The smallest absolute Gasteiger partial charge is 0.262 e. The molecule has 7 nitrogen and oxygen atoms in total. The van der Waals surface area contributed by atoms with Crippen molar-refractivity contribution < 1.29 is 23.8 Å². The Kier molecular flexibility index (Phi) is 5.44. The van der Waals surface area contributed by atoms with Crippen LogP contribution in [0.1, 0.15) is 13.8 Å². The molecule has 1 aliphatic rings. The molecule has 0 spiro atoms. The maximum absolute atomic E-state index is 12.6. The Hall–Kier alpha value is -3.22. The average Bonchev–Trinajstić information content (AvgIpc) is 2.77. The third kappa shape index (κ3) is 4.19. The lowest BCUT2D eigenvalue weighted by atomic mass is 9.93. The Morgan fingerprint density at radius 2 is 1.86 bits per heavy atom. The van der Waals surface area contributed by atoms with Crippen LogP contribution in [0.2, 0.25) is 0 Å². The molecule has 0 aromatic heterocycles. The molecule has 0 aliphatic carbocycles. The van der Waals surface area contributed by atoms with Gasteiger partial charge in [0.05, 0.1) is 18.2 Å². The average molecular weight is 384 g/mol. The van der Waals surface area contributed by atoms with Gasteiger partial charge in [-0.05, 0) is 56.3 Å². The number of ether oxygens (including phenoxy) is 3. The number of nitrogens with one attached hydrogen (secondary N) is 1. The van der Waals surface area contributed by atoms with E-state index >= 15 is 0 Å². The van der Waals surface area contributed by atoms with E-state index in [9.17, 15) is 9.59 Å². The summed E-state index contributed by atoms with van der Waals surface area (Å²) in [5.74, 6) is 1.54. The number of hydrogen-bond acceptors (Lipinski definition) is 5. The Balaban J connectivity index is 1.66. The van der Waals surface area contributed by atoms with Crippen LogP contribution >= 0.6 is 0 Å². The fourth-order valence-electron chi connectivity index (χ4n) is 2.88. The zero-order valence-electron chi connectivity index (χ0n) is 16.4. The van der Waals surface area contributed by atoms with Gasteiger partial charge < -0.3 is 24.4 Å². The van der Waals surface area contributed by atoms with E-state index in [0.29, 0.717) is 35.2 Å². The molecule has 0 fully saturated rings. The number of carbonyl (C=O) groups excluding carboxylic acids is 2. The highest BCUT2D eigenvalue weighted by Gasteiger charge is 2.36. The second-order valence-corrected chi connectivity index (χ2v) is 7.23. The molecule has 7 heteroatoms. The second-order valence-electron chi connectivity index (χ2n) is 7.23. The molecule has 3 rings (SSSR count). The number of benzene rings is 2. The molecule has 1 heterocycles. The minimum absolute atomic E-state index is 0.0439. The number of nitrogens with zero attached hydrogens (tertiary/aromatic N) is 1. The largest absolute Gasteiger partial charge is 0.497 e. The van der Waals surface area contributed by atoms with Crippen LogP contribution in [0.25, 0.3) is 0 Å². The summed E-state index contributed by atoms with van der Waals surface area (Å²) in [7, 11) is 3.29. The summed E-state index contributed by atoms with van der Waals surface area (Å²) in [6.07, 6.45) is 0. The normalized spacial score (nSPS) is 15.1. The third-order valence-electron chi connectivity index (χ3n) is 4.51. The molecule has 2 amide bonds. The van der Waals surface area contributed by atoms with E-state index in [1.165, 1.54) is 0 Å². The highest BCUT2D eigenvalue weighted by atomic mass is 16.5. The molecule has 0 radical (unpaired) electrons. The van der Waals surface area contributed by atoms with Gasteiger partial charge in [0.2, 0.25) is 5.91 Å². The van der Waals surface area contributed by atoms with Crippen LogP contribution in [-0.4, -0.2) is 39.2 Å². The first-order valence-corrected chi connectivity index (χ1v) is 8.92. The highest BCUT2D eigenvalue weighted by molar-refractivity contribution is 6.00. The maximum Gasteiger partial charge on any atom is 0.262 e. The van der Waals surface area contributed by atoms with Crippen molar-refractivity contribution in [3.63, 3.8) is 0 Å². The van der Waals surface area contributed by atoms with Crippen LogP contribution < -0.4 is 24.4 Å². The van der Waals surface area contributed by atoms with Crippen LogP contribution in [0.15, 0.2) is 42.5 Å². The Bertz CT molecular complexity index is 877. The number of carbonyl (C=O) groups is 2. The zero-order chi connectivity index (χ0) is 20.3. The van der Waals surface area contributed by atoms with Gasteiger partial charge >= 0.3 is 0 Å². The van der Waals surface area contributed by atoms with Gasteiger partial charge in [0, 0.05) is 12.7 Å². The molecule has 0 unspecified atom stereocenters. The van der Waals surface area contributed by atoms with Crippen molar-refractivity contribution in [3.05, 3.63) is 42.5 Å². The van der Waals surface area contributed by atoms with Gasteiger partial charge in [0.25, 0.3) is 5.91 Å². The van der Waals surface area contributed by atoms with E-state index in [-0.39, 0.29) is 18.4 Å². The molecule has 0 saturated heterocycles.